The number of carbonyl (C=O) groups is 1. The zero-order chi connectivity index (χ0) is 26.3. The summed E-state index contributed by atoms with van der Waals surface area (Å²) >= 11 is 0. The molecule has 2 saturated heterocycles. The number of aryl methyl sites for hydroxylation is 2. The van der Waals surface area contributed by atoms with Crippen molar-refractivity contribution in [3.63, 3.8) is 0 Å². The highest BCUT2D eigenvalue weighted by Crippen LogP contribution is 2.44. The lowest BCUT2D eigenvalue weighted by molar-refractivity contribution is -0.156. The van der Waals surface area contributed by atoms with Gasteiger partial charge in [0, 0.05) is 44.3 Å². The van der Waals surface area contributed by atoms with Crippen LogP contribution in [0, 0.1) is 17.2 Å². The van der Waals surface area contributed by atoms with Crippen LogP contribution in [0.5, 0.6) is 0 Å². The number of hydrogen-bond donors (Lipinski definition) is 1. The maximum atomic E-state index is 14.2. The molecule has 3 aliphatic heterocycles. The molecule has 1 aliphatic carbocycles. The zero-order valence-corrected chi connectivity index (χ0v) is 22.9. The van der Waals surface area contributed by atoms with Crippen molar-refractivity contribution < 1.29 is 14.3 Å². The van der Waals surface area contributed by atoms with Gasteiger partial charge < -0.3 is 14.9 Å². The molecule has 2 aromatic rings. The fourth-order valence-electron chi connectivity index (χ4n) is 7.90. The Morgan fingerprint density at radius 3 is 2.61 bits per heavy atom. The SMILES string of the molecule is CCc1nn2c(c1C1CCN(CC3CN(CC4(C(=O)O)CCC4)CC3c3cccc(F)c3)CC1)CCCC2. The number of carboxylic acid groups (broad SMARTS) is 1. The fourth-order valence-corrected chi connectivity index (χ4v) is 7.90. The van der Waals surface area contributed by atoms with E-state index in [4.69, 9.17) is 5.10 Å². The molecule has 7 heteroatoms. The molecular formula is C31H43FN4O2. The van der Waals surface area contributed by atoms with E-state index < -0.39 is 11.4 Å². The second-order valence-corrected chi connectivity index (χ2v) is 12.5. The van der Waals surface area contributed by atoms with Crippen LogP contribution in [-0.2, 0) is 24.2 Å². The number of rotatable bonds is 8. The summed E-state index contributed by atoms with van der Waals surface area (Å²) in [6.45, 7) is 8.83. The molecule has 6 nitrogen and oxygen atoms in total. The van der Waals surface area contributed by atoms with E-state index in [1.807, 2.05) is 6.07 Å². The van der Waals surface area contributed by atoms with Crippen molar-refractivity contribution in [2.75, 3.05) is 39.3 Å². The minimum atomic E-state index is -0.648. The van der Waals surface area contributed by atoms with Gasteiger partial charge in [0.05, 0.1) is 11.1 Å². The monoisotopic (exact) mass is 522 g/mol. The van der Waals surface area contributed by atoms with Crippen molar-refractivity contribution in [1.82, 2.24) is 19.6 Å². The third-order valence-electron chi connectivity index (χ3n) is 10.1. The molecule has 1 aromatic heterocycles. The number of fused-ring (bicyclic) bond motifs is 1. The highest BCUT2D eigenvalue weighted by Gasteiger charge is 2.48. The number of likely N-dealkylation sites (tertiary alicyclic amines) is 2. The number of aromatic nitrogens is 2. The maximum absolute atomic E-state index is 14.2. The van der Waals surface area contributed by atoms with E-state index in [-0.39, 0.29) is 11.7 Å². The summed E-state index contributed by atoms with van der Waals surface area (Å²) in [5.74, 6) is 0.400. The Kier molecular flexibility index (Phi) is 7.34. The maximum Gasteiger partial charge on any atom is 0.310 e. The molecule has 1 saturated carbocycles. The lowest BCUT2D eigenvalue weighted by Gasteiger charge is -2.40. The Labute approximate surface area is 226 Å². The van der Waals surface area contributed by atoms with Crippen LogP contribution in [0.15, 0.2) is 24.3 Å². The Bertz CT molecular complexity index is 1150. The smallest absolute Gasteiger partial charge is 0.310 e. The number of carboxylic acids is 1. The van der Waals surface area contributed by atoms with E-state index in [9.17, 15) is 14.3 Å². The largest absolute Gasteiger partial charge is 0.481 e. The minimum absolute atomic E-state index is 0.183. The van der Waals surface area contributed by atoms with Gasteiger partial charge in [0.1, 0.15) is 5.82 Å². The Hall–Kier alpha value is -2.25. The molecule has 1 aromatic carbocycles. The number of aliphatic carboxylic acids is 1. The van der Waals surface area contributed by atoms with Crippen LogP contribution in [0.2, 0.25) is 0 Å². The van der Waals surface area contributed by atoms with Gasteiger partial charge in [-0.1, -0.05) is 25.5 Å². The van der Waals surface area contributed by atoms with Gasteiger partial charge in [-0.2, -0.15) is 5.10 Å². The van der Waals surface area contributed by atoms with Crippen molar-refractivity contribution >= 4 is 5.97 Å². The molecule has 6 rings (SSSR count). The first-order valence-corrected chi connectivity index (χ1v) is 15.0. The number of piperidine rings is 1. The van der Waals surface area contributed by atoms with E-state index in [1.165, 1.54) is 49.6 Å². The van der Waals surface area contributed by atoms with Crippen molar-refractivity contribution in [2.24, 2.45) is 11.3 Å². The topological polar surface area (TPSA) is 61.6 Å². The van der Waals surface area contributed by atoms with Gasteiger partial charge in [-0.3, -0.25) is 9.48 Å². The average molecular weight is 523 g/mol. The summed E-state index contributed by atoms with van der Waals surface area (Å²) in [5.41, 5.74) is 4.87. The second-order valence-electron chi connectivity index (χ2n) is 12.5. The molecule has 0 amide bonds. The molecule has 38 heavy (non-hydrogen) atoms. The number of benzene rings is 1. The van der Waals surface area contributed by atoms with Crippen LogP contribution in [0.25, 0.3) is 0 Å². The molecule has 2 atom stereocenters. The predicted octanol–water partition coefficient (Wildman–Crippen LogP) is 5.07. The van der Waals surface area contributed by atoms with Gasteiger partial charge in [0.25, 0.3) is 0 Å². The van der Waals surface area contributed by atoms with Gasteiger partial charge >= 0.3 is 5.97 Å². The fraction of sp³-hybridized carbons (Fsp3) is 0.677. The van der Waals surface area contributed by atoms with Crippen LogP contribution in [-0.4, -0.2) is 69.9 Å². The Morgan fingerprint density at radius 1 is 1.11 bits per heavy atom. The first kappa shape index (κ1) is 26.0. The molecule has 4 heterocycles. The third kappa shape index (κ3) is 4.92. The van der Waals surface area contributed by atoms with Crippen molar-refractivity contribution in [3.8, 4) is 0 Å². The molecule has 0 radical (unpaired) electrons. The predicted molar refractivity (Wildman–Crippen MR) is 146 cm³/mol. The Morgan fingerprint density at radius 2 is 1.92 bits per heavy atom. The summed E-state index contributed by atoms with van der Waals surface area (Å²) in [4.78, 5) is 17.0. The molecule has 2 unspecified atom stereocenters. The van der Waals surface area contributed by atoms with Crippen LogP contribution >= 0.6 is 0 Å². The van der Waals surface area contributed by atoms with E-state index in [2.05, 4.69) is 27.5 Å². The third-order valence-corrected chi connectivity index (χ3v) is 10.1. The molecule has 4 aliphatic rings. The quantitative estimate of drug-likeness (QED) is 0.525. The second kappa shape index (κ2) is 10.7. The molecule has 206 valence electrons. The summed E-state index contributed by atoms with van der Waals surface area (Å²) < 4.78 is 16.5. The normalized spacial score (nSPS) is 26.3. The standard InChI is InChI=1S/C31H43FN4O2/c1-2-27-29(28-9-3-4-14-36(28)33-27)22-10-15-34(16-11-22)18-24-19-35(21-31(30(37)38)12-6-13-31)20-26(24)23-7-5-8-25(32)17-23/h5,7-8,17,22,24,26H,2-4,6,9-16,18-21H2,1H3,(H,37,38). The van der Waals surface area contributed by atoms with E-state index >= 15 is 0 Å². The Balaban J connectivity index is 1.14. The van der Waals surface area contributed by atoms with E-state index in [0.29, 0.717) is 18.4 Å². The molecule has 0 spiro atoms. The highest BCUT2D eigenvalue weighted by atomic mass is 19.1. The summed E-state index contributed by atoms with van der Waals surface area (Å²) in [6, 6.07) is 7.09. The van der Waals surface area contributed by atoms with E-state index in [1.54, 1.807) is 11.6 Å². The van der Waals surface area contributed by atoms with Crippen LogP contribution in [0.1, 0.15) is 86.2 Å². The van der Waals surface area contributed by atoms with Crippen molar-refractivity contribution in [2.45, 2.75) is 83.1 Å². The minimum Gasteiger partial charge on any atom is -0.481 e. The van der Waals surface area contributed by atoms with Gasteiger partial charge in [-0.25, -0.2) is 4.39 Å². The highest BCUT2D eigenvalue weighted by molar-refractivity contribution is 5.76. The molecule has 3 fully saturated rings. The summed E-state index contributed by atoms with van der Waals surface area (Å²) in [7, 11) is 0. The average Bonchev–Trinajstić information content (AvgIpc) is 3.47. The molecule has 1 N–H and O–H groups in total. The lowest BCUT2D eigenvalue weighted by Crippen LogP contribution is -2.47. The lowest BCUT2D eigenvalue weighted by atomic mass is 9.68. The number of nitrogens with zero attached hydrogens (tertiary/aromatic N) is 4. The van der Waals surface area contributed by atoms with Crippen molar-refractivity contribution in [1.29, 1.82) is 0 Å². The first-order valence-electron chi connectivity index (χ1n) is 15.0. The van der Waals surface area contributed by atoms with Crippen LogP contribution in [0.4, 0.5) is 4.39 Å². The van der Waals surface area contributed by atoms with Gasteiger partial charge in [0.15, 0.2) is 0 Å². The van der Waals surface area contributed by atoms with Crippen LogP contribution < -0.4 is 0 Å². The van der Waals surface area contributed by atoms with E-state index in [0.717, 1.165) is 70.5 Å². The molecular weight excluding hydrogens is 479 g/mol. The van der Waals surface area contributed by atoms with Gasteiger partial charge in [-0.15, -0.1) is 0 Å². The number of hydrogen-bond acceptors (Lipinski definition) is 4. The first-order chi connectivity index (χ1) is 18.5. The summed E-state index contributed by atoms with van der Waals surface area (Å²) in [5, 5.41) is 14.9. The van der Waals surface area contributed by atoms with Gasteiger partial charge in [0.2, 0.25) is 0 Å². The number of halogens is 1. The van der Waals surface area contributed by atoms with Gasteiger partial charge in [-0.05, 0) is 99.6 Å². The molecule has 0 bridgehead atoms. The summed E-state index contributed by atoms with van der Waals surface area (Å²) in [6.07, 6.45) is 9.63. The zero-order valence-electron chi connectivity index (χ0n) is 22.9. The van der Waals surface area contributed by atoms with Crippen LogP contribution in [0.3, 0.4) is 0 Å². The van der Waals surface area contributed by atoms with Crippen molar-refractivity contribution in [3.05, 3.63) is 52.6 Å².